The van der Waals surface area contributed by atoms with Crippen molar-refractivity contribution in [1.82, 2.24) is 4.90 Å². The van der Waals surface area contributed by atoms with E-state index in [-0.39, 0.29) is 54.3 Å². The molecule has 0 unspecified atom stereocenters. The number of fused-ring (bicyclic) bond motifs is 1. The molecule has 2 aliphatic heterocycles. The number of amides is 2. The van der Waals surface area contributed by atoms with Gasteiger partial charge in [-0.2, -0.15) is 0 Å². The highest BCUT2D eigenvalue weighted by Gasteiger charge is 2.43. The number of rotatable bonds is 4. The number of benzene rings is 2. The van der Waals surface area contributed by atoms with Crippen molar-refractivity contribution in [3.05, 3.63) is 53.3 Å². The van der Waals surface area contributed by atoms with Gasteiger partial charge >= 0.3 is 0 Å². The smallest absolute Gasteiger partial charge is 0.262 e. The molecule has 2 aliphatic rings. The molecule has 0 bridgehead atoms. The molecule has 0 aliphatic carbocycles. The fraction of sp³-hybridized carbons (Fsp3) is 0.333. The second-order valence-electron chi connectivity index (χ2n) is 7.85. The molecule has 2 amide bonds. The Morgan fingerprint density at radius 2 is 1.90 bits per heavy atom. The lowest BCUT2D eigenvalue weighted by Gasteiger charge is -2.47. The molecule has 2 heterocycles. The van der Waals surface area contributed by atoms with Gasteiger partial charge in [-0.15, -0.1) is 0 Å². The Bertz CT molecular complexity index is 1040. The molecular formula is C21H19F3N2O4. The van der Waals surface area contributed by atoms with Crippen molar-refractivity contribution >= 4 is 17.5 Å². The van der Waals surface area contributed by atoms with E-state index in [0.717, 1.165) is 18.2 Å². The van der Waals surface area contributed by atoms with Crippen LogP contribution in [0.5, 0.6) is 11.5 Å². The van der Waals surface area contributed by atoms with E-state index in [1.165, 1.54) is 17.0 Å². The van der Waals surface area contributed by atoms with E-state index in [1.54, 1.807) is 13.8 Å². The molecule has 0 aromatic heterocycles. The van der Waals surface area contributed by atoms with E-state index < -0.39 is 29.0 Å². The van der Waals surface area contributed by atoms with Gasteiger partial charge in [0.15, 0.2) is 18.2 Å². The predicted octanol–water partition coefficient (Wildman–Crippen LogP) is 3.36. The summed E-state index contributed by atoms with van der Waals surface area (Å²) in [5.74, 6) is -3.23. The van der Waals surface area contributed by atoms with Crippen molar-refractivity contribution in [3.8, 4) is 11.5 Å². The van der Waals surface area contributed by atoms with Crippen LogP contribution in [0.2, 0.25) is 0 Å². The van der Waals surface area contributed by atoms with Gasteiger partial charge in [0.2, 0.25) is 0 Å². The van der Waals surface area contributed by atoms with Crippen molar-refractivity contribution in [2.75, 3.05) is 25.0 Å². The molecule has 4 rings (SSSR count). The van der Waals surface area contributed by atoms with Crippen LogP contribution < -0.4 is 14.8 Å². The Kier molecular flexibility index (Phi) is 4.83. The summed E-state index contributed by atoms with van der Waals surface area (Å²) in [6.45, 7) is 3.82. The largest absolute Gasteiger partial charge is 0.484 e. The lowest BCUT2D eigenvalue weighted by molar-refractivity contribution is -0.118. The minimum atomic E-state index is -0.842. The maximum absolute atomic E-state index is 14.4. The Labute approximate surface area is 170 Å². The van der Waals surface area contributed by atoms with Gasteiger partial charge in [0.1, 0.15) is 23.0 Å². The number of hydrogen-bond acceptors (Lipinski definition) is 4. The van der Waals surface area contributed by atoms with Gasteiger partial charge in [-0.1, -0.05) is 0 Å². The van der Waals surface area contributed by atoms with E-state index in [9.17, 15) is 22.8 Å². The Balaban J connectivity index is 1.44. The topological polar surface area (TPSA) is 67.9 Å². The van der Waals surface area contributed by atoms with Gasteiger partial charge in [0.05, 0.1) is 11.3 Å². The number of ether oxygens (including phenoxy) is 2. The standard InChI is InChI=1S/C21H19F3N2O4/c1-21(2,30-17-4-3-12(22)5-15(17)24)11-8-26(9-11)20(28)13-6-16-18(7-14(13)23)29-10-19(27)25-16/h3-7,11H,8-10H2,1-2H3,(H,25,27). The first-order valence-corrected chi connectivity index (χ1v) is 9.33. The normalized spacial score (nSPS) is 16.3. The van der Waals surface area contributed by atoms with E-state index >= 15 is 0 Å². The summed E-state index contributed by atoms with van der Waals surface area (Å²) < 4.78 is 52.2. The maximum Gasteiger partial charge on any atom is 0.262 e. The number of nitrogens with zero attached hydrogens (tertiary/aromatic N) is 1. The number of likely N-dealkylation sites (tertiary alicyclic amines) is 1. The molecule has 2 aromatic carbocycles. The third-order valence-electron chi connectivity index (χ3n) is 5.35. The summed E-state index contributed by atoms with van der Waals surface area (Å²) >= 11 is 0. The van der Waals surface area contributed by atoms with Crippen molar-refractivity contribution in [2.24, 2.45) is 5.92 Å². The van der Waals surface area contributed by atoms with Crippen LogP contribution in [-0.4, -0.2) is 42.0 Å². The minimum Gasteiger partial charge on any atom is -0.484 e. The van der Waals surface area contributed by atoms with Crippen molar-refractivity contribution in [2.45, 2.75) is 19.4 Å². The third kappa shape index (κ3) is 3.67. The molecule has 2 aromatic rings. The van der Waals surface area contributed by atoms with Crippen LogP contribution in [0.3, 0.4) is 0 Å². The van der Waals surface area contributed by atoms with E-state index in [1.807, 2.05) is 0 Å². The summed E-state index contributed by atoms with van der Waals surface area (Å²) in [6.07, 6.45) is 0. The lowest BCUT2D eigenvalue weighted by atomic mass is 9.83. The number of hydrogen-bond donors (Lipinski definition) is 1. The number of halogens is 3. The number of carbonyl (C=O) groups excluding carboxylic acids is 2. The highest BCUT2D eigenvalue weighted by atomic mass is 19.1. The first kappa shape index (κ1) is 20.1. The Hall–Kier alpha value is -3.23. The van der Waals surface area contributed by atoms with Crippen LogP contribution in [0.15, 0.2) is 30.3 Å². The van der Waals surface area contributed by atoms with Gasteiger partial charge < -0.3 is 19.7 Å². The quantitative estimate of drug-likeness (QED) is 0.824. The summed E-state index contributed by atoms with van der Waals surface area (Å²) in [5, 5.41) is 2.54. The zero-order chi connectivity index (χ0) is 21.6. The second-order valence-corrected chi connectivity index (χ2v) is 7.85. The highest BCUT2D eigenvalue weighted by Crippen LogP contribution is 2.35. The molecular weight excluding hydrogens is 401 g/mol. The lowest BCUT2D eigenvalue weighted by Crippen LogP contribution is -2.59. The molecule has 0 saturated carbocycles. The number of anilines is 1. The van der Waals surface area contributed by atoms with Gasteiger partial charge in [-0.3, -0.25) is 9.59 Å². The Morgan fingerprint density at radius 1 is 1.17 bits per heavy atom. The fourth-order valence-electron chi connectivity index (χ4n) is 3.44. The molecule has 0 spiro atoms. The molecule has 1 saturated heterocycles. The van der Waals surface area contributed by atoms with Crippen LogP contribution in [0, 0.1) is 23.4 Å². The number of carbonyl (C=O) groups is 2. The zero-order valence-corrected chi connectivity index (χ0v) is 16.3. The first-order chi connectivity index (χ1) is 14.1. The van der Waals surface area contributed by atoms with Gasteiger partial charge in [-0.05, 0) is 32.0 Å². The van der Waals surface area contributed by atoms with Crippen molar-refractivity contribution in [3.63, 3.8) is 0 Å². The maximum atomic E-state index is 14.4. The Morgan fingerprint density at radius 3 is 2.60 bits per heavy atom. The van der Waals surface area contributed by atoms with E-state index in [4.69, 9.17) is 9.47 Å². The van der Waals surface area contributed by atoms with Crippen LogP contribution in [0.1, 0.15) is 24.2 Å². The van der Waals surface area contributed by atoms with E-state index in [0.29, 0.717) is 0 Å². The van der Waals surface area contributed by atoms with Crippen LogP contribution in [0.4, 0.5) is 18.9 Å². The summed E-state index contributed by atoms with van der Waals surface area (Å²) in [4.78, 5) is 25.6. The average molecular weight is 420 g/mol. The summed E-state index contributed by atoms with van der Waals surface area (Å²) in [5.41, 5.74) is -0.782. The van der Waals surface area contributed by atoms with Gasteiger partial charge in [0, 0.05) is 31.1 Å². The predicted molar refractivity (Wildman–Crippen MR) is 101 cm³/mol. The van der Waals surface area contributed by atoms with Crippen LogP contribution >= 0.6 is 0 Å². The van der Waals surface area contributed by atoms with Gasteiger partial charge in [0.25, 0.3) is 11.8 Å². The molecule has 0 atom stereocenters. The monoisotopic (exact) mass is 420 g/mol. The third-order valence-corrected chi connectivity index (χ3v) is 5.35. The molecule has 30 heavy (non-hydrogen) atoms. The molecule has 0 radical (unpaired) electrons. The number of nitrogens with one attached hydrogen (secondary N) is 1. The van der Waals surface area contributed by atoms with Crippen molar-refractivity contribution in [1.29, 1.82) is 0 Å². The molecule has 6 nitrogen and oxygen atoms in total. The van der Waals surface area contributed by atoms with Crippen molar-refractivity contribution < 1.29 is 32.2 Å². The second kappa shape index (κ2) is 7.23. The fourth-order valence-corrected chi connectivity index (χ4v) is 3.44. The van der Waals surface area contributed by atoms with Gasteiger partial charge in [-0.25, -0.2) is 13.2 Å². The van der Waals surface area contributed by atoms with Crippen LogP contribution in [0.25, 0.3) is 0 Å². The summed E-state index contributed by atoms with van der Waals surface area (Å²) in [6, 6.07) is 5.39. The minimum absolute atomic E-state index is 0.0809. The summed E-state index contributed by atoms with van der Waals surface area (Å²) in [7, 11) is 0. The average Bonchev–Trinajstić information content (AvgIpc) is 2.62. The molecule has 9 heteroatoms. The van der Waals surface area contributed by atoms with Crippen LogP contribution in [-0.2, 0) is 4.79 Å². The SMILES string of the molecule is CC(C)(Oc1ccc(F)cc1F)C1CN(C(=O)c2cc3c(cc2F)OCC(=O)N3)C1. The zero-order valence-electron chi connectivity index (χ0n) is 16.3. The first-order valence-electron chi connectivity index (χ1n) is 9.33. The van der Waals surface area contributed by atoms with E-state index in [2.05, 4.69) is 5.32 Å². The highest BCUT2D eigenvalue weighted by molar-refractivity contribution is 6.00. The molecule has 1 fully saturated rings. The molecule has 1 N–H and O–H groups in total. The molecule has 158 valence electrons.